The van der Waals surface area contributed by atoms with Crippen LogP contribution in [0.15, 0.2) is 42.6 Å². The second-order valence-corrected chi connectivity index (χ2v) is 9.27. The molecule has 1 unspecified atom stereocenters. The van der Waals surface area contributed by atoms with E-state index in [0.717, 1.165) is 4.68 Å². The van der Waals surface area contributed by atoms with Gasteiger partial charge in [0, 0.05) is 17.3 Å². The van der Waals surface area contributed by atoms with Gasteiger partial charge in [-0.1, -0.05) is 23.2 Å². The van der Waals surface area contributed by atoms with Gasteiger partial charge in [-0.25, -0.2) is 14.5 Å². The van der Waals surface area contributed by atoms with Gasteiger partial charge in [0.15, 0.2) is 11.5 Å². The number of carbonyl (C=O) groups is 1. The fourth-order valence-electron chi connectivity index (χ4n) is 4.03. The maximum Gasteiger partial charge on any atom is 0.435 e. The molecule has 16 heteroatoms. The van der Waals surface area contributed by atoms with Crippen molar-refractivity contribution in [3.05, 3.63) is 86.5 Å². The monoisotopic (exact) mass is 590 g/mol. The van der Waals surface area contributed by atoms with Crippen LogP contribution in [0, 0.1) is 6.92 Å². The van der Waals surface area contributed by atoms with Crippen LogP contribution >= 0.6 is 23.2 Å². The molecule has 1 aromatic carbocycles. The molecule has 0 fully saturated rings. The normalized spacial score (nSPS) is 15.6. The molecule has 0 aliphatic carbocycles. The second kappa shape index (κ2) is 9.45. The number of nitrogens with zero attached hydrogens (tertiary/aromatic N) is 5. The number of cyclic esters (lactones) is 1. The number of benzene rings is 1. The molecule has 1 aliphatic rings. The molecule has 0 bridgehead atoms. The number of halogens is 8. The number of ether oxygens (including phenoxy) is 1. The Morgan fingerprint density at radius 2 is 1.79 bits per heavy atom. The van der Waals surface area contributed by atoms with Crippen molar-refractivity contribution in [2.24, 2.45) is 0 Å². The largest absolute Gasteiger partial charge is 0.435 e. The van der Waals surface area contributed by atoms with Gasteiger partial charge in [-0.3, -0.25) is 4.68 Å². The molecule has 4 aromatic rings. The predicted molar refractivity (Wildman–Crippen MR) is 126 cm³/mol. The fraction of sp³-hybridized carbons (Fsp3) is 0.217. The number of carbonyl (C=O) groups excluding carboxylic acids is 1. The summed E-state index contributed by atoms with van der Waals surface area (Å²) in [7, 11) is 0. The number of esters is 1. The van der Waals surface area contributed by atoms with Crippen molar-refractivity contribution in [3.63, 3.8) is 0 Å². The van der Waals surface area contributed by atoms with Crippen LogP contribution < -0.4 is 5.32 Å². The van der Waals surface area contributed by atoms with E-state index in [-0.39, 0.29) is 38.5 Å². The molecule has 204 valence electrons. The average Bonchev–Trinajstić information content (AvgIpc) is 3.45. The molecule has 0 saturated carbocycles. The summed E-state index contributed by atoms with van der Waals surface area (Å²) in [6.07, 6.45) is -10.1. The van der Waals surface area contributed by atoms with Crippen LogP contribution in [0.4, 0.5) is 32.0 Å². The molecule has 8 nitrogen and oxygen atoms in total. The van der Waals surface area contributed by atoms with Gasteiger partial charge in [-0.05, 0) is 42.8 Å². The fourth-order valence-corrected chi connectivity index (χ4v) is 4.51. The molecule has 1 aliphatic heterocycles. The van der Waals surface area contributed by atoms with Crippen molar-refractivity contribution in [1.82, 2.24) is 24.5 Å². The lowest BCUT2D eigenvalue weighted by Gasteiger charge is -2.28. The summed E-state index contributed by atoms with van der Waals surface area (Å²) in [6, 6.07) is 7.18. The molecular formula is C23H14Cl2F6N6O2. The van der Waals surface area contributed by atoms with Gasteiger partial charge in [0.05, 0.1) is 28.5 Å². The third kappa shape index (κ3) is 5.13. The molecular weight excluding hydrogens is 577 g/mol. The molecule has 0 radical (unpaired) electrons. The molecule has 5 rings (SSSR count). The van der Waals surface area contributed by atoms with E-state index in [1.165, 1.54) is 30.5 Å². The SMILES string of the molecule is Cc1cc(Cl)cc2c1NC(c1cc(Cn3nc(C(F)(F)F)cc3C(F)(F)F)nn1-c1ncccc1Cl)OC2=O. The van der Waals surface area contributed by atoms with E-state index >= 15 is 0 Å². The van der Waals surface area contributed by atoms with E-state index in [4.69, 9.17) is 27.9 Å². The Bertz CT molecular complexity index is 1600. The van der Waals surface area contributed by atoms with Crippen LogP contribution in [-0.2, 0) is 23.6 Å². The van der Waals surface area contributed by atoms with Crippen molar-refractivity contribution >= 4 is 34.9 Å². The Morgan fingerprint density at radius 3 is 2.46 bits per heavy atom. The third-order valence-electron chi connectivity index (χ3n) is 5.69. The number of anilines is 1. The van der Waals surface area contributed by atoms with Gasteiger partial charge in [0.2, 0.25) is 6.23 Å². The molecule has 0 saturated heterocycles. The minimum Gasteiger partial charge on any atom is -0.432 e. The number of hydrogen-bond donors (Lipinski definition) is 1. The first-order chi connectivity index (χ1) is 18.2. The van der Waals surface area contributed by atoms with E-state index in [0.29, 0.717) is 16.3 Å². The number of nitrogens with one attached hydrogen (secondary N) is 1. The number of hydrogen-bond acceptors (Lipinski definition) is 6. The zero-order valence-electron chi connectivity index (χ0n) is 19.4. The van der Waals surface area contributed by atoms with Crippen molar-refractivity contribution in [1.29, 1.82) is 0 Å². The van der Waals surface area contributed by atoms with Gasteiger partial charge >= 0.3 is 18.3 Å². The number of alkyl halides is 6. The van der Waals surface area contributed by atoms with E-state index in [2.05, 4.69) is 20.5 Å². The van der Waals surface area contributed by atoms with E-state index < -0.39 is 42.5 Å². The quantitative estimate of drug-likeness (QED) is 0.217. The van der Waals surface area contributed by atoms with Crippen molar-refractivity contribution in [3.8, 4) is 5.82 Å². The van der Waals surface area contributed by atoms with Crippen molar-refractivity contribution in [2.75, 3.05) is 5.32 Å². The first-order valence-electron chi connectivity index (χ1n) is 10.9. The summed E-state index contributed by atoms with van der Waals surface area (Å²) < 4.78 is 86.9. The zero-order valence-corrected chi connectivity index (χ0v) is 20.9. The molecule has 0 amide bonds. The highest BCUT2D eigenvalue weighted by Gasteiger charge is 2.42. The first kappa shape index (κ1) is 26.8. The summed E-state index contributed by atoms with van der Waals surface area (Å²) in [5.41, 5.74) is -2.25. The van der Waals surface area contributed by atoms with Crippen LogP contribution in [0.5, 0.6) is 0 Å². The molecule has 4 heterocycles. The maximum atomic E-state index is 13.5. The number of rotatable bonds is 4. The highest BCUT2D eigenvalue weighted by atomic mass is 35.5. The second-order valence-electron chi connectivity index (χ2n) is 8.42. The Kier molecular flexibility index (Phi) is 6.50. The molecule has 0 spiro atoms. The van der Waals surface area contributed by atoms with Crippen LogP contribution in [0.25, 0.3) is 5.82 Å². The summed E-state index contributed by atoms with van der Waals surface area (Å²) in [5, 5.41) is 10.8. The average molecular weight is 591 g/mol. The Labute approximate surface area is 225 Å². The Morgan fingerprint density at radius 1 is 1.05 bits per heavy atom. The van der Waals surface area contributed by atoms with Crippen LogP contribution in [0.2, 0.25) is 10.0 Å². The predicted octanol–water partition coefficient (Wildman–Crippen LogP) is 6.45. The number of aryl methyl sites for hydroxylation is 1. The molecule has 1 N–H and O–H groups in total. The van der Waals surface area contributed by atoms with Gasteiger partial charge in [-0.2, -0.15) is 36.5 Å². The lowest BCUT2D eigenvalue weighted by molar-refractivity contribution is -0.144. The van der Waals surface area contributed by atoms with Gasteiger partial charge in [0.1, 0.15) is 11.4 Å². The molecule has 39 heavy (non-hydrogen) atoms. The lowest BCUT2D eigenvalue weighted by Crippen LogP contribution is -2.28. The lowest BCUT2D eigenvalue weighted by atomic mass is 10.1. The number of pyridine rings is 1. The van der Waals surface area contributed by atoms with Crippen molar-refractivity contribution < 1.29 is 35.9 Å². The molecule has 1 atom stereocenters. The minimum absolute atomic E-state index is 0.0318. The number of aromatic nitrogens is 5. The third-order valence-corrected chi connectivity index (χ3v) is 6.20. The van der Waals surface area contributed by atoms with E-state index in [9.17, 15) is 31.1 Å². The zero-order chi connectivity index (χ0) is 28.3. The topological polar surface area (TPSA) is 86.9 Å². The Balaban J connectivity index is 1.61. The summed E-state index contributed by atoms with van der Waals surface area (Å²) in [5.74, 6) is -0.716. The highest BCUT2D eigenvalue weighted by Crippen LogP contribution is 2.38. The number of fused-ring (bicyclic) bond motifs is 1. The van der Waals surface area contributed by atoms with E-state index in [1.807, 2.05) is 0 Å². The summed E-state index contributed by atoms with van der Waals surface area (Å²) >= 11 is 12.3. The van der Waals surface area contributed by atoms with Crippen LogP contribution in [0.1, 0.15) is 44.9 Å². The minimum atomic E-state index is -5.13. The maximum absolute atomic E-state index is 13.5. The summed E-state index contributed by atoms with van der Waals surface area (Å²) in [6.45, 7) is 0.890. The van der Waals surface area contributed by atoms with Gasteiger partial charge < -0.3 is 10.1 Å². The van der Waals surface area contributed by atoms with E-state index in [1.54, 1.807) is 13.0 Å². The highest BCUT2D eigenvalue weighted by molar-refractivity contribution is 6.32. The van der Waals surface area contributed by atoms with Crippen LogP contribution in [0.3, 0.4) is 0 Å². The smallest absolute Gasteiger partial charge is 0.432 e. The first-order valence-corrected chi connectivity index (χ1v) is 11.7. The van der Waals surface area contributed by atoms with Crippen molar-refractivity contribution in [2.45, 2.75) is 32.0 Å². The standard InChI is InChI=1S/C23H14Cl2F6N6O2/c1-10-5-11(24)6-13-18(10)33-20(39-21(13)38)15-7-12(34-37(15)19-14(25)3-2-4-32-19)9-36-17(23(29,30)31)8-16(35-36)22(26,27)28/h2-8,20,33H,9H2,1H3. The molecule has 3 aromatic heterocycles. The van der Waals surface area contributed by atoms with Crippen LogP contribution in [-0.4, -0.2) is 30.5 Å². The Hall–Kier alpha value is -3.78. The summed E-state index contributed by atoms with van der Waals surface area (Å²) in [4.78, 5) is 16.9. The van der Waals surface area contributed by atoms with Gasteiger partial charge in [0.25, 0.3) is 0 Å². The van der Waals surface area contributed by atoms with Gasteiger partial charge in [-0.15, -0.1) is 0 Å².